The Kier molecular flexibility index (Phi) is 3.55. The Hall–Kier alpha value is -2.30. The van der Waals surface area contributed by atoms with Gasteiger partial charge in [-0.2, -0.15) is 0 Å². The minimum atomic E-state index is -1.22. The molecule has 0 saturated carbocycles. The van der Waals surface area contributed by atoms with Crippen LogP contribution < -0.4 is 5.32 Å². The molecule has 0 aliphatic carbocycles. The van der Waals surface area contributed by atoms with Crippen molar-refractivity contribution >= 4 is 17.7 Å². The largest absolute Gasteiger partial charge is 0.350 e. The smallest absolute Gasteiger partial charge is 0.182 e. The van der Waals surface area contributed by atoms with E-state index in [2.05, 4.69) is 5.32 Å². The lowest BCUT2D eigenvalue weighted by molar-refractivity contribution is 0.112. The van der Waals surface area contributed by atoms with Gasteiger partial charge >= 0.3 is 0 Å². The predicted molar refractivity (Wildman–Crippen MR) is 66.2 cm³/mol. The second-order valence-corrected chi connectivity index (χ2v) is 4.05. The molecular formula is C14H10F3NO. The SMILES string of the molecule is Cc1ccc(Nc2c(C=O)ccc(F)c2F)c(F)c1. The van der Waals surface area contributed by atoms with Crippen LogP contribution in [-0.4, -0.2) is 6.29 Å². The van der Waals surface area contributed by atoms with Crippen LogP contribution in [0.4, 0.5) is 24.5 Å². The molecule has 0 atom stereocenters. The van der Waals surface area contributed by atoms with Crippen LogP contribution in [0.5, 0.6) is 0 Å². The van der Waals surface area contributed by atoms with Gasteiger partial charge < -0.3 is 5.32 Å². The molecular weight excluding hydrogens is 255 g/mol. The highest BCUT2D eigenvalue weighted by Gasteiger charge is 2.14. The van der Waals surface area contributed by atoms with Crippen LogP contribution in [-0.2, 0) is 0 Å². The Balaban J connectivity index is 2.48. The number of anilines is 2. The minimum absolute atomic E-state index is 0.0294. The van der Waals surface area contributed by atoms with Crippen molar-refractivity contribution in [2.75, 3.05) is 5.32 Å². The zero-order valence-corrected chi connectivity index (χ0v) is 10.0. The number of aldehydes is 1. The fourth-order valence-electron chi connectivity index (χ4n) is 1.65. The molecule has 0 bridgehead atoms. The molecule has 98 valence electrons. The predicted octanol–water partition coefficient (Wildman–Crippen LogP) is 3.97. The Bertz CT molecular complexity index is 641. The van der Waals surface area contributed by atoms with Gasteiger partial charge in [0.2, 0.25) is 0 Å². The van der Waals surface area contributed by atoms with Crippen molar-refractivity contribution in [2.45, 2.75) is 6.92 Å². The van der Waals surface area contributed by atoms with Crippen molar-refractivity contribution in [3.05, 3.63) is 58.9 Å². The molecule has 19 heavy (non-hydrogen) atoms. The second-order valence-electron chi connectivity index (χ2n) is 4.05. The van der Waals surface area contributed by atoms with Gasteiger partial charge in [0.25, 0.3) is 0 Å². The molecule has 0 aliphatic rings. The molecule has 2 aromatic carbocycles. The van der Waals surface area contributed by atoms with Crippen LogP contribution in [0.15, 0.2) is 30.3 Å². The lowest BCUT2D eigenvalue weighted by atomic mass is 10.1. The molecule has 0 spiro atoms. The van der Waals surface area contributed by atoms with E-state index in [0.717, 1.165) is 12.1 Å². The van der Waals surface area contributed by atoms with E-state index in [1.807, 2.05) is 0 Å². The van der Waals surface area contributed by atoms with E-state index in [1.54, 1.807) is 13.0 Å². The normalized spacial score (nSPS) is 10.3. The maximum Gasteiger partial charge on any atom is 0.182 e. The molecule has 0 amide bonds. The molecule has 2 rings (SSSR count). The van der Waals surface area contributed by atoms with Crippen LogP contribution in [0.25, 0.3) is 0 Å². The summed E-state index contributed by atoms with van der Waals surface area (Å²) in [5.74, 6) is -2.94. The van der Waals surface area contributed by atoms with Gasteiger partial charge in [-0.3, -0.25) is 4.79 Å². The third kappa shape index (κ3) is 2.59. The van der Waals surface area contributed by atoms with Gasteiger partial charge in [-0.15, -0.1) is 0 Å². The van der Waals surface area contributed by atoms with Crippen molar-refractivity contribution in [2.24, 2.45) is 0 Å². The molecule has 0 saturated heterocycles. The summed E-state index contributed by atoms with van der Waals surface area (Å²) in [7, 11) is 0. The molecule has 0 aliphatic heterocycles. The van der Waals surface area contributed by atoms with Gasteiger partial charge in [-0.25, -0.2) is 13.2 Å². The lowest BCUT2D eigenvalue weighted by Crippen LogP contribution is -2.02. The van der Waals surface area contributed by atoms with Crippen LogP contribution in [0.1, 0.15) is 15.9 Å². The van der Waals surface area contributed by atoms with Gasteiger partial charge in [0.15, 0.2) is 17.9 Å². The van der Waals surface area contributed by atoms with Gasteiger partial charge in [0.05, 0.1) is 11.4 Å². The van der Waals surface area contributed by atoms with E-state index < -0.39 is 17.5 Å². The summed E-state index contributed by atoms with van der Waals surface area (Å²) in [6.45, 7) is 1.70. The maximum absolute atomic E-state index is 13.6. The topological polar surface area (TPSA) is 29.1 Å². The van der Waals surface area contributed by atoms with E-state index in [9.17, 15) is 18.0 Å². The Morgan fingerprint density at radius 1 is 1.05 bits per heavy atom. The van der Waals surface area contributed by atoms with Crippen molar-refractivity contribution in [3.63, 3.8) is 0 Å². The third-order valence-electron chi connectivity index (χ3n) is 2.64. The number of carbonyl (C=O) groups excluding carboxylic acids is 1. The van der Waals surface area contributed by atoms with Crippen molar-refractivity contribution in [1.82, 2.24) is 0 Å². The molecule has 0 radical (unpaired) electrons. The highest BCUT2D eigenvalue weighted by molar-refractivity contribution is 5.86. The van der Waals surface area contributed by atoms with Crippen LogP contribution >= 0.6 is 0 Å². The van der Waals surface area contributed by atoms with E-state index in [4.69, 9.17) is 0 Å². The zero-order chi connectivity index (χ0) is 14.0. The number of aryl methyl sites for hydroxylation is 1. The summed E-state index contributed by atoms with van der Waals surface area (Å²) in [6, 6.07) is 6.22. The van der Waals surface area contributed by atoms with Crippen LogP contribution in [0.2, 0.25) is 0 Å². The summed E-state index contributed by atoms with van der Waals surface area (Å²) in [5, 5.41) is 2.41. The number of hydrogen-bond donors (Lipinski definition) is 1. The summed E-state index contributed by atoms with van der Waals surface area (Å²) >= 11 is 0. The molecule has 0 fully saturated rings. The van der Waals surface area contributed by atoms with Crippen LogP contribution in [0.3, 0.4) is 0 Å². The maximum atomic E-state index is 13.6. The lowest BCUT2D eigenvalue weighted by Gasteiger charge is -2.11. The summed E-state index contributed by atoms with van der Waals surface area (Å²) < 4.78 is 40.4. The molecule has 0 heterocycles. The molecule has 2 nitrogen and oxygen atoms in total. The Morgan fingerprint density at radius 2 is 1.79 bits per heavy atom. The van der Waals surface area contributed by atoms with Crippen molar-refractivity contribution in [1.29, 1.82) is 0 Å². The monoisotopic (exact) mass is 265 g/mol. The molecule has 0 unspecified atom stereocenters. The average Bonchev–Trinajstić information content (AvgIpc) is 2.38. The summed E-state index contributed by atoms with van der Waals surface area (Å²) in [4.78, 5) is 10.8. The van der Waals surface area contributed by atoms with Gasteiger partial charge in [0, 0.05) is 5.56 Å². The molecule has 2 aromatic rings. The first kappa shape index (κ1) is 13.1. The fraction of sp³-hybridized carbons (Fsp3) is 0.0714. The molecule has 1 N–H and O–H groups in total. The van der Waals surface area contributed by atoms with Crippen molar-refractivity contribution in [3.8, 4) is 0 Å². The highest BCUT2D eigenvalue weighted by Crippen LogP contribution is 2.27. The van der Waals surface area contributed by atoms with Crippen LogP contribution in [0, 0.1) is 24.4 Å². The Morgan fingerprint density at radius 3 is 2.42 bits per heavy atom. The first-order chi connectivity index (χ1) is 9.02. The quantitative estimate of drug-likeness (QED) is 0.851. The zero-order valence-electron chi connectivity index (χ0n) is 10.0. The third-order valence-corrected chi connectivity index (χ3v) is 2.64. The first-order valence-electron chi connectivity index (χ1n) is 5.49. The number of halogens is 3. The van der Waals surface area contributed by atoms with E-state index in [-0.39, 0.29) is 16.9 Å². The van der Waals surface area contributed by atoms with Crippen molar-refractivity contribution < 1.29 is 18.0 Å². The molecule has 5 heteroatoms. The number of nitrogens with one attached hydrogen (secondary N) is 1. The Labute approximate surface area is 107 Å². The molecule has 0 aromatic heterocycles. The van der Waals surface area contributed by atoms with Gasteiger partial charge in [0.1, 0.15) is 5.82 Å². The number of carbonyl (C=O) groups is 1. The van der Waals surface area contributed by atoms with Gasteiger partial charge in [-0.05, 0) is 36.8 Å². The number of benzene rings is 2. The summed E-state index contributed by atoms with van der Waals surface area (Å²) in [5.41, 5.74) is 0.202. The minimum Gasteiger partial charge on any atom is -0.350 e. The standard InChI is InChI=1S/C14H10F3NO/c1-8-2-5-12(11(16)6-8)18-14-9(7-19)3-4-10(15)13(14)17/h2-7,18H,1H3. The van der Waals surface area contributed by atoms with Gasteiger partial charge in [-0.1, -0.05) is 6.07 Å². The fourth-order valence-corrected chi connectivity index (χ4v) is 1.65. The van der Waals surface area contributed by atoms with E-state index >= 15 is 0 Å². The second kappa shape index (κ2) is 5.14. The average molecular weight is 265 g/mol. The highest BCUT2D eigenvalue weighted by atomic mass is 19.2. The number of hydrogen-bond acceptors (Lipinski definition) is 2. The number of rotatable bonds is 3. The summed E-state index contributed by atoms with van der Waals surface area (Å²) in [6.07, 6.45) is 0.372. The first-order valence-corrected chi connectivity index (χ1v) is 5.49. The van der Waals surface area contributed by atoms with E-state index in [0.29, 0.717) is 11.8 Å². The van der Waals surface area contributed by atoms with E-state index in [1.165, 1.54) is 12.1 Å².